The smallest absolute Gasteiger partial charge is 0.339 e. The molecule has 0 fully saturated rings. The van der Waals surface area contributed by atoms with Gasteiger partial charge in [-0.25, -0.2) is 13.6 Å². The fraction of sp³-hybridized carbons (Fsp3) is 0.222. The van der Waals surface area contributed by atoms with Gasteiger partial charge in [-0.2, -0.15) is 0 Å². The summed E-state index contributed by atoms with van der Waals surface area (Å²) >= 11 is 8.39. The van der Waals surface area contributed by atoms with Crippen LogP contribution in [-0.2, 0) is 4.74 Å². The van der Waals surface area contributed by atoms with Crippen LogP contribution >= 0.6 is 27.5 Å². The Kier molecular flexibility index (Phi) is 4.04. The summed E-state index contributed by atoms with van der Waals surface area (Å²) in [5, 5.41) is -0.202. The molecular weight excluding hydrogens is 293 g/mol. The van der Waals surface area contributed by atoms with Crippen molar-refractivity contribution in [3.63, 3.8) is 0 Å². The lowest BCUT2D eigenvalue weighted by atomic mass is 10.2. The van der Waals surface area contributed by atoms with Crippen LogP contribution in [0.5, 0.6) is 0 Å². The molecule has 0 bridgehead atoms. The van der Waals surface area contributed by atoms with Crippen LogP contribution in [-0.4, -0.2) is 12.6 Å². The third-order valence-electron chi connectivity index (χ3n) is 1.60. The Hall–Kier alpha value is -0.680. The van der Waals surface area contributed by atoms with Crippen LogP contribution in [0.15, 0.2) is 10.5 Å². The zero-order valence-electron chi connectivity index (χ0n) is 7.61. The lowest BCUT2D eigenvalue weighted by Gasteiger charge is -2.06. The van der Waals surface area contributed by atoms with Crippen LogP contribution in [0.3, 0.4) is 0 Å². The van der Waals surface area contributed by atoms with Gasteiger partial charge in [-0.1, -0.05) is 11.6 Å². The predicted molar refractivity (Wildman–Crippen MR) is 55.0 cm³/mol. The standard InChI is InChI=1S/C9H6BrClF2O2/c1-2-15-9(14)4-3-5(12)8(13)6(10)7(4)11/h3H,2H2,1H3. The minimum Gasteiger partial charge on any atom is -0.462 e. The van der Waals surface area contributed by atoms with Gasteiger partial charge in [0.2, 0.25) is 0 Å². The van der Waals surface area contributed by atoms with E-state index in [9.17, 15) is 13.6 Å². The van der Waals surface area contributed by atoms with Crippen molar-refractivity contribution in [2.75, 3.05) is 6.61 Å². The molecule has 1 aromatic rings. The van der Waals surface area contributed by atoms with Crippen molar-refractivity contribution in [2.45, 2.75) is 6.92 Å². The topological polar surface area (TPSA) is 26.3 Å². The van der Waals surface area contributed by atoms with Gasteiger partial charge in [-0.15, -0.1) is 0 Å². The van der Waals surface area contributed by atoms with E-state index >= 15 is 0 Å². The first kappa shape index (κ1) is 12.4. The summed E-state index contributed by atoms with van der Waals surface area (Å²) < 4.78 is 30.3. The van der Waals surface area contributed by atoms with Crippen molar-refractivity contribution in [1.29, 1.82) is 0 Å². The molecule has 6 heteroatoms. The van der Waals surface area contributed by atoms with E-state index in [2.05, 4.69) is 20.7 Å². The Labute approximate surface area is 98.3 Å². The molecule has 0 aliphatic carbocycles. The van der Waals surface area contributed by atoms with Crippen molar-refractivity contribution in [3.8, 4) is 0 Å². The van der Waals surface area contributed by atoms with E-state index in [0.29, 0.717) is 6.07 Å². The molecule has 1 rings (SSSR count). The lowest BCUT2D eigenvalue weighted by Crippen LogP contribution is -2.07. The zero-order valence-corrected chi connectivity index (χ0v) is 9.95. The maximum Gasteiger partial charge on any atom is 0.339 e. The molecular formula is C9H6BrClF2O2. The number of rotatable bonds is 2. The molecule has 0 amide bonds. The fourth-order valence-electron chi connectivity index (χ4n) is 0.930. The molecule has 1 aromatic carbocycles. The van der Waals surface area contributed by atoms with Crippen LogP contribution in [0.4, 0.5) is 8.78 Å². The number of halogens is 4. The van der Waals surface area contributed by atoms with Gasteiger partial charge in [0.15, 0.2) is 11.6 Å². The molecule has 0 aliphatic rings. The van der Waals surface area contributed by atoms with Gasteiger partial charge in [-0.3, -0.25) is 0 Å². The SMILES string of the molecule is CCOC(=O)c1cc(F)c(F)c(Br)c1Cl. The van der Waals surface area contributed by atoms with E-state index < -0.39 is 17.6 Å². The van der Waals surface area contributed by atoms with E-state index in [0.717, 1.165) is 0 Å². The summed E-state index contributed by atoms with van der Waals surface area (Å²) in [7, 11) is 0. The first-order valence-corrected chi connectivity index (χ1v) is 5.16. The molecule has 0 saturated carbocycles. The van der Waals surface area contributed by atoms with Crippen LogP contribution in [0.2, 0.25) is 5.02 Å². The quantitative estimate of drug-likeness (QED) is 0.474. The third kappa shape index (κ3) is 2.46. The van der Waals surface area contributed by atoms with Crippen molar-refractivity contribution in [3.05, 3.63) is 32.8 Å². The average Bonchev–Trinajstić information content (AvgIpc) is 2.20. The van der Waals surface area contributed by atoms with Crippen molar-refractivity contribution >= 4 is 33.5 Å². The molecule has 0 spiro atoms. The number of hydrogen-bond donors (Lipinski definition) is 0. The monoisotopic (exact) mass is 298 g/mol. The van der Waals surface area contributed by atoms with Crippen LogP contribution in [0.1, 0.15) is 17.3 Å². The van der Waals surface area contributed by atoms with Gasteiger partial charge >= 0.3 is 5.97 Å². The average molecular weight is 299 g/mol. The highest BCUT2D eigenvalue weighted by Gasteiger charge is 2.20. The molecule has 0 N–H and O–H groups in total. The highest BCUT2D eigenvalue weighted by atomic mass is 79.9. The number of carbonyl (C=O) groups is 1. The molecule has 2 nitrogen and oxygen atoms in total. The lowest BCUT2D eigenvalue weighted by molar-refractivity contribution is 0.0526. The van der Waals surface area contributed by atoms with Gasteiger partial charge in [0.25, 0.3) is 0 Å². The minimum absolute atomic E-state index is 0.131. The summed E-state index contributed by atoms with van der Waals surface area (Å²) in [5.74, 6) is -3.08. The summed E-state index contributed by atoms with van der Waals surface area (Å²) in [4.78, 5) is 11.3. The van der Waals surface area contributed by atoms with E-state index in [4.69, 9.17) is 11.6 Å². The largest absolute Gasteiger partial charge is 0.462 e. The normalized spacial score (nSPS) is 10.2. The maximum atomic E-state index is 13.0. The van der Waals surface area contributed by atoms with Gasteiger partial charge in [0, 0.05) is 0 Å². The molecule has 0 heterocycles. The second kappa shape index (κ2) is 4.90. The van der Waals surface area contributed by atoms with Crippen molar-refractivity contribution in [2.24, 2.45) is 0 Å². The van der Waals surface area contributed by atoms with Crippen LogP contribution < -0.4 is 0 Å². The van der Waals surface area contributed by atoms with Crippen LogP contribution in [0, 0.1) is 11.6 Å². The van der Waals surface area contributed by atoms with Crippen molar-refractivity contribution in [1.82, 2.24) is 0 Å². The highest BCUT2D eigenvalue weighted by Crippen LogP contribution is 2.31. The maximum absolute atomic E-state index is 13.0. The number of ether oxygens (including phenoxy) is 1. The summed E-state index contributed by atoms with van der Waals surface area (Å²) in [5.41, 5.74) is -0.204. The first-order chi connectivity index (χ1) is 6.99. The third-order valence-corrected chi connectivity index (χ3v) is 2.96. The second-order valence-electron chi connectivity index (χ2n) is 2.57. The van der Waals surface area contributed by atoms with Crippen LogP contribution in [0.25, 0.3) is 0 Å². The number of benzene rings is 1. The van der Waals surface area contributed by atoms with Gasteiger partial charge in [-0.05, 0) is 28.9 Å². The van der Waals surface area contributed by atoms with Crippen molar-refractivity contribution < 1.29 is 18.3 Å². The van der Waals surface area contributed by atoms with E-state index in [1.807, 2.05) is 0 Å². The van der Waals surface area contributed by atoms with Gasteiger partial charge in [0.1, 0.15) is 0 Å². The van der Waals surface area contributed by atoms with Gasteiger partial charge < -0.3 is 4.74 Å². The zero-order chi connectivity index (χ0) is 11.6. The molecule has 0 saturated heterocycles. The molecule has 0 unspecified atom stereocenters. The first-order valence-electron chi connectivity index (χ1n) is 3.99. The highest BCUT2D eigenvalue weighted by molar-refractivity contribution is 9.10. The summed E-state index contributed by atoms with van der Waals surface area (Å²) in [6, 6.07) is 0.709. The Morgan fingerprint density at radius 1 is 1.60 bits per heavy atom. The number of esters is 1. The molecule has 82 valence electrons. The van der Waals surface area contributed by atoms with Gasteiger partial charge in [0.05, 0.1) is 21.7 Å². The summed E-state index contributed by atoms with van der Waals surface area (Å²) in [6.45, 7) is 1.73. The molecule has 0 atom stereocenters. The predicted octanol–water partition coefficient (Wildman–Crippen LogP) is 3.56. The Morgan fingerprint density at radius 3 is 2.73 bits per heavy atom. The second-order valence-corrected chi connectivity index (χ2v) is 3.74. The fourth-order valence-corrected chi connectivity index (χ4v) is 1.55. The number of carbonyl (C=O) groups excluding carboxylic acids is 1. The molecule has 0 aliphatic heterocycles. The molecule has 0 radical (unpaired) electrons. The summed E-state index contributed by atoms with van der Waals surface area (Å²) in [6.07, 6.45) is 0. The minimum atomic E-state index is -1.16. The molecule has 15 heavy (non-hydrogen) atoms. The Bertz CT molecular complexity index is 410. The van der Waals surface area contributed by atoms with E-state index in [1.54, 1.807) is 6.92 Å². The van der Waals surface area contributed by atoms with E-state index in [1.165, 1.54) is 0 Å². The number of hydrogen-bond acceptors (Lipinski definition) is 2. The molecule has 0 aromatic heterocycles. The Balaban J connectivity index is 3.26. The van der Waals surface area contributed by atoms with E-state index in [-0.39, 0.29) is 21.7 Å². The Morgan fingerprint density at radius 2 is 2.20 bits per heavy atom.